The van der Waals surface area contributed by atoms with Crippen molar-refractivity contribution >= 4 is 0 Å². The van der Waals surface area contributed by atoms with Crippen LogP contribution in [0.25, 0.3) is 0 Å². The molecule has 5 heavy (non-hydrogen) atoms. The number of hydrogen-bond donors (Lipinski definition) is 0. The van der Waals surface area contributed by atoms with Crippen LogP contribution < -0.4 is 43.7 Å². The fourth-order valence-corrected chi connectivity index (χ4v) is 0. The SMILES string of the molecule is [Cu+2].[F-].[F-].[F-].[Na+]. The van der Waals surface area contributed by atoms with Gasteiger partial charge < -0.3 is 14.1 Å². The van der Waals surface area contributed by atoms with Gasteiger partial charge in [0.25, 0.3) is 0 Å². The predicted octanol–water partition coefficient (Wildman–Crippen LogP) is -12.0. The molecular formula is CuF3Na. The van der Waals surface area contributed by atoms with Crippen LogP contribution in [0, 0.1) is 0 Å². The summed E-state index contributed by atoms with van der Waals surface area (Å²) in [6.07, 6.45) is 0. The molecule has 0 nitrogen and oxygen atoms in total. The Balaban J connectivity index is 0. The Kier molecular flexibility index (Phi) is 1190. The minimum Gasteiger partial charge on any atom is -1.00 e. The van der Waals surface area contributed by atoms with E-state index in [0.717, 1.165) is 0 Å². The third-order valence-corrected chi connectivity index (χ3v) is 0. The molecule has 0 unspecified atom stereocenters. The molecule has 0 spiro atoms. The van der Waals surface area contributed by atoms with Crippen molar-refractivity contribution in [3.63, 3.8) is 0 Å². The average Bonchev–Trinajstić information content (AvgIpc) is 0. The van der Waals surface area contributed by atoms with Gasteiger partial charge in [-0.15, -0.1) is 0 Å². The van der Waals surface area contributed by atoms with E-state index in [9.17, 15) is 0 Å². The molecule has 0 bridgehead atoms. The third-order valence-electron chi connectivity index (χ3n) is 0. The number of hydrogen-bond acceptors (Lipinski definition) is 0. The van der Waals surface area contributed by atoms with Crippen molar-refractivity contribution in [1.82, 2.24) is 0 Å². The van der Waals surface area contributed by atoms with E-state index in [1.807, 2.05) is 0 Å². The fourth-order valence-electron chi connectivity index (χ4n) is 0. The quantitative estimate of drug-likeness (QED) is 0.296. The molecule has 5 heteroatoms. The van der Waals surface area contributed by atoms with Crippen molar-refractivity contribution in [2.75, 3.05) is 0 Å². The standard InChI is InChI=1S/Cu.3FH.Na/h;3*1H;/q+2;;;;+1/p-3. The van der Waals surface area contributed by atoms with Gasteiger partial charge in [-0.2, -0.15) is 0 Å². The first-order valence-corrected chi connectivity index (χ1v) is 0. The van der Waals surface area contributed by atoms with Crippen LogP contribution in [0.1, 0.15) is 0 Å². The summed E-state index contributed by atoms with van der Waals surface area (Å²) in [5.41, 5.74) is 0. The first kappa shape index (κ1) is 104. The monoisotopic (exact) mass is 143 g/mol. The topological polar surface area (TPSA) is 0 Å². The molecule has 0 saturated carbocycles. The molecule has 0 heterocycles. The molecule has 0 aromatic heterocycles. The van der Waals surface area contributed by atoms with E-state index in [0.29, 0.717) is 0 Å². The average molecular weight is 144 g/mol. The zero-order valence-corrected chi connectivity index (χ0v) is 5.38. The third kappa shape index (κ3) is 33.9. The molecule has 0 aromatic rings. The second kappa shape index (κ2) is 57.5. The van der Waals surface area contributed by atoms with Crippen LogP contribution >= 0.6 is 0 Å². The molecule has 0 aliphatic heterocycles. The van der Waals surface area contributed by atoms with Crippen LogP contribution in [0.5, 0.6) is 0 Å². The summed E-state index contributed by atoms with van der Waals surface area (Å²) in [5.74, 6) is 0. The molecule has 0 aliphatic carbocycles. The van der Waals surface area contributed by atoms with Gasteiger partial charge in [-0.3, -0.25) is 0 Å². The van der Waals surface area contributed by atoms with Crippen molar-refractivity contribution in [3.05, 3.63) is 0 Å². The van der Waals surface area contributed by atoms with E-state index in [1.54, 1.807) is 0 Å². The molecule has 1 radical (unpaired) electrons. The van der Waals surface area contributed by atoms with Crippen molar-refractivity contribution in [2.45, 2.75) is 0 Å². The Morgan fingerprint density at radius 1 is 0.600 bits per heavy atom. The van der Waals surface area contributed by atoms with Gasteiger partial charge in [-0.25, -0.2) is 0 Å². The summed E-state index contributed by atoms with van der Waals surface area (Å²) in [7, 11) is 0. The summed E-state index contributed by atoms with van der Waals surface area (Å²) in [5, 5.41) is 0. The minimum atomic E-state index is 0. The van der Waals surface area contributed by atoms with Crippen LogP contribution in [0.4, 0.5) is 0 Å². The Morgan fingerprint density at radius 2 is 0.600 bits per heavy atom. The summed E-state index contributed by atoms with van der Waals surface area (Å²) in [4.78, 5) is 0. The van der Waals surface area contributed by atoms with Crippen LogP contribution in [0.2, 0.25) is 0 Å². The van der Waals surface area contributed by atoms with Crippen molar-refractivity contribution in [1.29, 1.82) is 0 Å². The summed E-state index contributed by atoms with van der Waals surface area (Å²) in [6, 6.07) is 0. The van der Waals surface area contributed by atoms with Gasteiger partial charge in [-0.1, -0.05) is 0 Å². The molecule has 0 amide bonds. The van der Waals surface area contributed by atoms with Gasteiger partial charge in [0.05, 0.1) is 0 Å². The van der Waals surface area contributed by atoms with E-state index in [-0.39, 0.29) is 60.7 Å². The predicted molar refractivity (Wildman–Crippen MR) is 0 cm³/mol. The summed E-state index contributed by atoms with van der Waals surface area (Å²) >= 11 is 0. The molecule has 0 fully saturated rings. The van der Waals surface area contributed by atoms with Crippen LogP contribution in [-0.4, -0.2) is 0 Å². The zero-order chi connectivity index (χ0) is 0. The van der Waals surface area contributed by atoms with Crippen molar-refractivity contribution < 1.29 is 60.7 Å². The second-order valence-corrected chi connectivity index (χ2v) is 0. The maximum Gasteiger partial charge on any atom is 2.00 e. The smallest absolute Gasteiger partial charge is 1.00 e. The van der Waals surface area contributed by atoms with Crippen LogP contribution in [0.15, 0.2) is 0 Å². The van der Waals surface area contributed by atoms with E-state index < -0.39 is 0 Å². The van der Waals surface area contributed by atoms with E-state index in [1.165, 1.54) is 0 Å². The van der Waals surface area contributed by atoms with Gasteiger partial charge in [0, 0.05) is 0 Å². The maximum atomic E-state index is 0. The molecule has 0 aromatic carbocycles. The Bertz CT molecular complexity index is 6.85. The van der Waals surface area contributed by atoms with Crippen LogP contribution in [0.3, 0.4) is 0 Å². The fraction of sp³-hybridized carbons (Fsp3) is 0. The Labute approximate surface area is 60.6 Å². The van der Waals surface area contributed by atoms with E-state index in [2.05, 4.69) is 0 Å². The van der Waals surface area contributed by atoms with Gasteiger partial charge >= 0.3 is 46.6 Å². The minimum absolute atomic E-state index is 0. The molecule has 0 rings (SSSR count). The molecular weight excluding hydrogens is 144 g/mol. The van der Waals surface area contributed by atoms with Gasteiger partial charge in [0.1, 0.15) is 0 Å². The Hall–Kier alpha value is 1.31. The van der Waals surface area contributed by atoms with Gasteiger partial charge in [0.15, 0.2) is 0 Å². The normalized spacial score (nSPS) is 0. The van der Waals surface area contributed by atoms with E-state index in [4.69, 9.17) is 0 Å². The molecule has 0 saturated heterocycles. The van der Waals surface area contributed by atoms with Gasteiger partial charge in [-0.05, 0) is 0 Å². The first-order valence-electron chi connectivity index (χ1n) is 0. The van der Waals surface area contributed by atoms with Crippen molar-refractivity contribution in [2.24, 2.45) is 0 Å². The number of rotatable bonds is 0. The van der Waals surface area contributed by atoms with Crippen LogP contribution in [-0.2, 0) is 17.1 Å². The second-order valence-electron chi connectivity index (χ2n) is 0. The molecule has 0 aliphatic rings. The largest absolute Gasteiger partial charge is 2.00 e. The summed E-state index contributed by atoms with van der Waals surface area (Å²) < 4.78 is 0. The van der Waals surface area contributed by atoms with Gasteiger partial charge in [0.2, 0.25) is 0 Å². The van der Waals surface area contributed by atoms with E-state index >= 15 is 0 Å². The molecule has 0 atom stereocenters. The zero-order valence-electron chi connectivity index (χ0n) is 2.44. The molecule has 0 N–H and O–H groups in total. The Morgan fingerprint density at radius 3 is 0.600 bits per heavy atom. The summed E-state index contributed by atoms with van der Waals surface area (Å²) in [6.45, 7) is 0. The molecule has 33 valence electrons. The maximum absolute atomic E-state index is 0. The number of halogens is 3. The first-order chi connectivity index (χ1) is 0. The van der Waals surface area contributed by atoms with Crippen molar-refractivity contribution in [3.8, 4) is 0 Å².